The van der Waals surface area contributed by atoms with E-state index in [-0.39, 0.29) is 18.5 Å². The fourth-order valence-electron chi connectivity index (χ4n) is 2.79. The number of carbonyl (C=O) groups is 2. The van der Waals surface area contributed by atoms with Gasteiger partial charge < -0.3 is 14.8 Å². The molecule has 156 valence electrons. The smallest absolute Gasteiger partial charge is 0.338 e. The molecule has 0 aliphatic rings. The van der Waals surface area contributed by atoms with Gasteiger partial charge >= 0.3 is 5.97 Å². The Kier molecular flexibility index (Phi) is 7.39. The summed E-state index contributed by atoms with van der Waals surface area (Å²) in [6.07, 6.45) is 0.762. The average Bonchev–Trinajstić information content (AvgIpc) is 2.82. The third-order valence-corrected chi connectivity index (χ3v) is 4.41. The predicted molar refractivity (Wildman–Crippen MR) is 118 cm³/mol. The zero-order valence-electron chi connectivity index (χ0n) is 17.1. The van der Waals surface area contributed by atoms with Crippen LogP contribution in [0.4, 0.5) is 5.69 Å². The van der Waals surface area contributed by atoms with Crippen molar-refractivity contribution in [3.8, 4) is 22.9 Å². The Labute approximate surface area is 181 Å². The maximum absolute atomic E-state index is 12.1. The van der Waals surface area contributed by atoms with Gasteiger partial charge in [0.05, 0.1) is 23.8 Å². The van der Waals surface area contributed by atoms with E-state index in [1.165, 1.54) is 0 Å². The molecule has 3 aromatic carbocycles. The maximum atomic E-state index is 12.1. The SMILES string of the molecule is CCCOC(=O)c1ccc(NC(=O)COc2ccc(-c3ccc(C#N)cc3)cc2)cc1. The van der Waals surface area contributed by atoms with Crippen molar-refractivity contribution in [1.82, 2.24) is 0 Å². The van der Waals surface area contributed by atoms with Gasteiger partial charge in [-0.15, -0.1) is 0 Å². The lowest BCUT2D eigenvalue weighted by Crippen LogP contribution is -2.20. The molecule has 3 rings (SSSR count). The van der Waals surface area contributed by atoms with E-state index >= 15 is 0 Å². The third-order valence-electron chi connectivity index (χ3n) is 4.41. The Balaban J connectivity index is 1.50. The molecule has 0 fully saturated rings. The number of rotatable bonds is 8. The van der Waals surface area contributed by atoms with Crippen LogP contribution >= 0.6 is 0 Å². The van der Waals surface area contributed by atoms with Gasteiger partial charge in [0.2, 0.25) is 0 Å². The van der Waals surface area contributed by atoms with Crippen molar-refractivity contribution >= 4 is 17.6 Å². The van der Waals surface area contributed by atoms with Gasteiger partial charge in [-0.25, -0.2) is 4.79 Å². The van der Waals surface area contributed by atoms with E-state index in [9.17, 15) is 9.59 Å². The minimum absolute atomic E-state index is 0.142. The van der Waals surface area contributed by atoms with E-state index in [1.807, 2.05) is 31.2 Å². The van der Waals surface area contributed by atoms with E-state index in [4.69, 9.17) is 14.7 Å². The second kappa shape index (κ2) is 10.6. The second-order valence-electron chi connectivity index (χ2n) is 6.76. The molecule has 0 saturated heterocycles. The maximum Gasteiger partial charge on any atom is 0.338 e. The third kappa shape index (κ3) is 6.18. The van der Waals surface area contributed by atoms with Crippen molar-refractivity contribution in [2.45, 2.75) is 13.3 Å². The van der Waals surface area contributed by atoms with Gasteiger partial charge in [0.25, 0.3) is 5.91 Å². The van der Waals surface area contributed by atoms with Crippen LogP contribution in [-0.2, 0) is 9.53 Å². The van der Waals surface area contributed by atoms with Crippen LogP contribution in [0, 0.1) is 11.3 Å². The van der Waals surface area contributed by atoms with Gasteiger partial charge in [-0.2, -0.15) is 5.26 Å². The van der Waals surface area contributed by atoms with Crippen molar-refractivity contribution in [3.63, 3.8) is 0 Å². The molecule has 6 nitrogen and oxygen atoms in total. The largest absolute Gasteiger partial charge is 0.484 e. The number of benzene rings is 3. The lowest BCUT2D eigenvalue weighted by molar-refractivity contribution is -0.118. The lowest BCUT2D eigenvalue weighted by atomic mass is 10.0. The monoisotopic (exact) mass is 414 g/mol. The van der Waals surface area contributed by atoms with Crippen molar-refractivity contribution < 1.29 is 19.1 Å². The molecule has 31 heavy (non-hydrogen) atoms. The molecule has 1 N–H and O–H groups in total. The Morgan fingerprint density at radius 1 is 0.903 bits per heavy atom. The van der Waals surface area contributed by atoms with Crippen molar-refractivity contribution in [2.75, 3.05) is 18.5 Å². The summed E-state index contributed by atoms with van der Waals surface area (Å²) in [4.78, 5) is 23.9. The summed E-state index contributed by atoms with van der Waals surface area (Å²) in [5.41, 5.74) is 3.59. The number of esters is 1. The molecule has 1 amide bonds. The Bertz CT molecular complexity index is 1070. The molecule has 0 bridgehead atoms. The van der Waals surface area contributed by atoms with E-state index in [2.05, 4.69) is 11.4 Å². The molecule has 0 unspecified atom stereocenters. The van der Waals surface area contributed by atoms with Gasteiger partial charge in [-0.1, -0.05) is 31.2 Å². The minimum atomic E-state index is -0.382. The Morgan fingerprint density at radius 2 is 1.52 bits per heavy atom. The highest BCUT2D eigenvalue weighted by Crippen LogP contribution is 2.23. The fraction of sp³-hybridized carbons (Fsp3) is 0.160. The first kappa shape index (κ1) is 21.6. The van der Waals surface area contributed by atoms with Gasteiger partial charge in [0, 0.05) is 5.69 Å². The molecule has 6 heteroatoms. The summed E-state index contributed by atoms with van der Waals surface area (Å²) in [5, 5.41) is 11.6. The van der Waals surface area contributed by atoms with E-state index in [1.54, 1.807) is 48.5 Å². The number of nitrogens with zero attached hydrogens (tertiary/aromatic N) is 1. The molecular weight excluding hydrogens is 392 g/mol. The van der Waals surface area contributed by atoms with Crippen molar-refractivity contribution in [1.29, 1.82) is 5.26 Å². The molecule has 0 spiro atoms. The molecule has 0 aromatic heterocycles. The van der Waals surface area contributed by atoms with Gasteiger partial charge in [0.1, 0.15) is 5.75 Å². The van der Waals surface area contributed by atoms with Crippen molar-refractivity contribution in [2.24, 2.45) is 0 Å². The Morgan fingerprint density at radius 3 is 2.10 bits per heavy atom. The highest BCUT2D eigenvalue weighted by atomic mass is 16.5. The highest BCUT2D eigenvalue weighted by Gasteiger charge is 2.08. The first-order valence-corrected chi connectivity index (χ1v) is 9.89. The van der Waals surface area contributed by atoms with Crippen LogP contribution in [0.5, 0.6) is 5.75 Å². The zero-order valence-corrected chi connectivity index (χ0v) is 17.1. The van der Waals surface area contributed by atoms with Crippen LogP contribution in [0.3, 0.4) is 0 Å². The average molecular weight is 414 g/mol. The summed E-state index contributed by atoms with van der Waals surface area (Å²) < 4.78 is 10.6. The molecule has 0 aliphatic carbocycles. The summed E-state index contributed by atoms with van der Waals surface area (Å²) in [6, 6.07) is 23.3. The molecule has 0 aliphatic heterocycles. The molecule has 0 radical (unpaired) electrons. The number of hydrogen-bond donors (Lipinski definition) is 1. The van der Waals surface area contributed by atoms with E-state index in [0.29, 0.717) is 29.2 Å². The Hall–Kier alpha value is -4.11. The van der Waals surface area contributed by atoms with E-state index < -0.39 is 0 Å². The van der Waals surface area contributed by atoms with Crippen LogP contribution in [0.25, 0.3) is 11.1 Å². The second-order valence-corrected chi connectivity index (χ2v) is 6.76. The van der Waals surface area contributed by atoms with Crippen molar-refractivity contribution in [3.05, 3.63) is 83.9 Å². The lowest BCUT2D eigenvalue weighted by Gasteiger charge is -2.09. The molecule has 0 atom stereocenters. The van der Waals surface area contributed by atoms with Crippen LogP contribution in [0.15, 0.2) is 72.8 Å². The zero-order chi connectivity index (χ0) is 22.1. The number of ether oxygens (including phenoxy) is 2. The minimum Gasteiger partial charge on any atom is -0.484 e. The van der Waals surface area contributed by atoms with Gasteiger partial charge in [0.15, 0.2) is 6.61 Å². The fourth-order valence-corrected chi connectivity index (χ4v) is 2.79. The summed E-state index contributed by atoms with van der Waals surface area (Å²) >= 11 is 0. The standard InChI is InChI=1S/C25H22N2O4/c1-2-15-30-25(29)21-7-11-22(12-8-21)27-24(28)17-31-23-13-9-20(10-14-23)19-5-3-18(16-26)4-6-19/h3-14H,2,15,17H2,1H3,(H,27,28). The summed E-state index contributed by atoms with van der Waals surface area (Å²) in [7, 11) is 0. The summed E-state index contributed by atoms with van der Waals surface area (Å²) in [5.74, 6) is -0.119. The highest BCUT2D eigenvalue weighted by molar-refractivity contribution is 5.93. The number of nitrogens with one attached hydrogen (secondary N) is 1. The van der Waals surface area contributed by atoms with Crippen LogP contribution in [0.2, 0.25) is 0 Å². The molecule has 0 heterocycles. The first-order valence-electron chi connectivity index (χ1n) is 9.89. The topological polar surface area (TPSA) is 88.4 Å². The number of carbonyl (C=O) groups excluding carboxylic acids is 2. The van der Waals surface area contributed by atoms with Crippen LogP contribution in [0.1, 0.15) is 29.3 Å². The van der Waals surface area contributed by atoms with E-state index in [0.717, 1.165) is 17.5 Å². The van der Waals surface area contributed by atoms with Gasteiger partial charge in [-0.3, -0.25) is 4.79 Å². The van der Waals surface area contributed by atoms with Gasteiger partial charge in [-0.05, 0) is 66.1 Å². The number of amides is 1. The molecule has 3 aromatic rings. The normalized spacial score (nSPS) is 10.1. The molecule has 0 saturated carbocycles. The first-order chi connectivity index (χ1) is 15.1. The number of hydrogen-bond acceptors (Lipinski definition) is 5. The quantitative estimate of drug-likeness (QED) is 0.535. The number of anilines is 1. The van der Waals surface area contributed by atoms with Crippen LogP contribution in [-0.4, -0.2) is 25.1 Å². The summed E-state index contributed by atoms with van der Waals surface area (Å²) in [6.45, 7) is 2.16. The molecular formula is C25H22N2O4. The predicted octanol–water partition coefficient (Wildman–Crippen LogP) is 4.81. The van der Waals surface area contributed by atoms with Crippen LogP contribution < -0.4 is 10.1 Å². The number of nitriles is 1.